The number of rotatable bonds is 2. The van der Waals surface area contributed by atoms with Gasteiger partial charge in [-0.2, -0.15) is 0 Å². The van der Waals surface area contributed by atoms with Gasteiger partial charge in [-0.3, -0.25) is 0 Å². The van der Waals surface area contributed by atoms with Gasteiger partial charge in [0.1, 0.15) is 0 Å². The van der Waals surface area contributed by atoms with E-state index in [4.69, 9.17) is 27.9 Å². The molecule has 15 heavy (non-hydrogen) atoms. The topological polar surface area (TPSA) is 21.3 Å². The summed E-state index contributed by atoms with van der Waals surface area (Å²) in [6.07, 6.45) is 1.25. The Bertz CT molecular complexity index is 356. The number of nitrogens with one attached hydrogen (secondary N) is 1. The van der Waals surface area contributed by atoms with E-state index in [1.807, 2.05) is 12.1 Å². The highest BCUT2D eigenvalue weighted by molar-refractivity contribution is 6.36. The molecule has 1 aromatic carbocycles. The first-order valence-corrected chi connectivity index (χ1v) is 5.75. The summed E-state index contributed by atoms with van der Waals surface area (Å²) in [4.78, 5) is 0. The molecule has 1 aliphatic rings. The Labute approximate surface area is 99.5 Å². The lowest BCUT2D eigenvalue weighted by Gasteiger charge is -2.18. The molecule has 0 saturated carbocycles. The molecule has 0 spiro atoms. The highest BCUT2D eigenvalue weighted by atomic mass is 35.5. The van der Waals surface area contributed by atoms with Crippen molar-refractivity contribution in [1.82, 2.24) is 0 Å². The van der Waals surface area contributed by atoms with Crippen LogP contribution in [0.1, 0.15) is 13.3 Å². The van der Waals surface area contributed by atoms with Gasteiger partial charge >= 0.3 is 0 Å². The number of halogens is 2. The monoisotopic (exact) mass is 245 g/mol. The highest BCUT2D eigenvalue weighted by Gasteiger charge is 2.24. The minimum atomic E-state index is 0.233. The molecule has 2 nitrogen and oxygen atoms in total. The first-order chi connectivity index (χ1) is 7.16. The molecule has 1 aromatic rings. The van der Waals surface area contributed by atoms with Gasteiger partial charge in [0.25, 0.3) is 0 Å². The fourth-order valence-corrected chi connectivity index (χ4v) is 2.19. The lowest BCUT2D eigenvalue weighted by molar-refractivity contribution is 0.121. The van der Waals surface area contributed by atoms with Crippen LogP contribution in [0.4, 0.5) is 5.69 Å². The molecule has 0 aliphatic carbocycles. The third-order valence-corrected chi connectivity index (χ3v) is 3.20. The standard InChI is InChI=1S/C11H13Cl2NO/c1-7-10(4-5-15-7)14-11-3-2-8(12)6-9(11)13/h2-3,6-7,10,14H,4-5H2,1H3. The van der Waals surface area contributed by atoms with Crippen molar-refractivity contribution in [2.45, 2.75) is 25.5 Å². The summed E-state index contributed by atoms with van der Waals surface area (Å²) >= 11 is 11.9. The van der Waals surface area contributed by atoms with Gasteiger partial charge in [-0.15, -0.1) is 0 Å². The predicted molar refractivity (Wildman–Crippen MR) is 63.9 cm³/mol. The molecule has 82 valence electrons. The van der Waals surface area contributed by atoms with E-state index in [9.17, 15) is 0 Å². The molecule has 1 saturated heterocycles. The first-order valence-electron chi connectivity index (χ1n) is 5.00. The van der Waals surface area contributed by atoms with Crippen molar-refractivity contribution in [2.24, 2.45) is 0 Å². The molecule has 0 bridgehead atoms. The minimum absolute atomic E-state index is 0.233. The van der Waals surface area contributed by atoms with Gasteiger partial charge < -0.3 is 10.1 Å². The smallest absolute Gasteiger partial charge is 0.0748 e. The van der Waals surface area contributed by atoms with Crippen LogP contribution in [-0.4, -0.2) is 18.8 Å². The summed E-state index contributed by atoms with van der Waals surface area (Å²) < 4.78 is 5.47. The molecular formula is C11H13Cl2NO. The highest BCUT2D eigenvalue weighted by Crippen LogP contribution is 2.28. The summed E-state index contributed by atoms with van der Waals surface area (Å²) in [6.45, 7) is 2.87. The first kappa shape index (κ1) is 11.1. The second kappa shape index (κ2) is 4.60. The van der Waals surface area contributed by atoms with Gasteiger partial charge in [0.05, 0.1) is 22.9 Å². The van der Waals surface area contributed by atoms with Crippen molar-refractivity contribution in [1.29, 1.82) is 0 Å². The fourth-order valence-electron chi connectivity index (χ4n) is 1.73. The van der Waals surface area contributed by atoms with Crippen LogP contribution in [0.3, 0.4) is 0 Å². The van der Waals surface area contributed by atoms with Crippen LogP contribution in [0, 0.1) is 0 Å². The summed E-state index contributed by atoms with van der Waals surface area (Å²) in [5.74, 6) is 0. The third-order valence-electron chi connectivity index (χ3n) is 2.65. The SMILES string of the molecule is CC1OCCC1Nc1ccc(Cl)cc1Cl. The molecule has 2 atom stereocenters. The Balaban J connectivity index is 2.10. The average molecular weight is 246 g/mol. The summed E-state index contributed by atoms with van der Waals surface area (Å²) in [5.41, 5.74) is 0.920. The maximum atomic E-state index is 6.07. The van der Waals surface area contributed by atoms with E-state index in [1.54, 1.807) is 6.07 Å². The number of ether oxygens (including phenoxy) is 1. The van der Waals surface area contributed by atoms with E-state index in [1.165, 1.54) is 0 Å². The molecule has 2 rings (SSSR count). The summed E-state index contributed by atoms with van der Waals surface area (Å²) in [7, 11) is 0. The van der Waals surface area contributed by atoms with Gasteiger partial charge in [0.2, 0.25) is 0 Å². The Kier molecular flexibility index (Phi) is 3.39. The van der Waals surface area contributed by atoms with Crippen LogP contribution in [-0.2, 0) is 4.74 Å². The van der Waals surface area contributed by atoms with Gasteiger partial charge in [-0.05, 0) is 31.5 Å². The number of benzene rings is 1. The molecule has 0 radical (unpaired) electrons. The zero-order valence-corrected chi connectivity index (χ0v) is 9.98. The average Bonchev–Trinajstić information content (AvgIpc) is 2.57. The molecule has 2 unspecified atom stereocenters. The normalized spacial score (nSPS) is 25.5. The Morgan fingerprint density at radius 3 is 2.80 bits per heavy atom. The van der Waals surface area contributed by atoms with Crippen molar-refractivity contribution in [3.63, 3.8) is 0 Å². The zero-order chi connectivity index (χ0) is 10.8. The van der Waals surface area contributed by atoms with Crippen molar-refractivity contribution in [3.8, 4) is 0 Å². The van der Waals surface area contributed by atoms with Crippen LogP contribution >= 0.6 is 23.2 Å². The third kappa shape index (κ3) is 2.57. The van der Waals surface area contributed by atoms with Gasteiger partial charge in [0.15, 0.2) is 0 Å². The molecule has 1 heterocycles. The van der Waals surface area contributed by atoms with E-state index in [0.717, 1.165) is 18.7 Å². The molecule has 1 aliphatic heterocycles. The van der Waals surface area contributed by atoms with E-state index in [0.29, 0.717) is 16.1 Å². The molecule has 4 heteroatoms. The van der Waals surface area contributed by atoms with Crippen LogP contribution in [0.5, 0.6) is 0 Å². The van der Waals surface area contributed by atoms with Gasteiger partial charge in [-0.25, -0.2) is 0 Å². The second-order valence-electron chi connectivity index (χ2n) is 3.74. The lowest BCUT2D eigenvalue weighted by Crippen LogP contribution is -2.26. The minimum Gasteiger partial charge on any atom is -0.378 e. The summed E-state index contributed by atoms with van der Waals surface area (Å²) in [6, 6.07) is 5.81. The Hall–Kier alpha value is -0.440. The van der Waals surface area contributed by atoms with E-state index in [2.05, 4.69) is 12.2 Å². The zero-order valence-electron chi connectivity index (χ0n) is 8.47. The van der Waals surface area contributed by atoms with Crippen LogP contribution in [0.15, 0.2) is 18.2 Å². The number of anilines is 1. The maximum Gasteiger partial charge on any atom is 0.0748 e. The van der Waals surface area contributed by atoms with E-state index in [-0.39, 0.29) is 6.10 Å². The fraction of sp³-hybridized carbons (Fsp3) is 0.455. The van der Waals surface area contributed by atoms with Crippen molar-refractivity contribution >= 4 is 28.9 Å². The maximum absolute atomic E-state index is 6.07. The quantitative estimate of drug-likeness (QED) is 0.861. The van der Waals surface area contributed by atoms with Crippen molar-refractivity contribution in [3.05, 3.63) is 28.2 Å². The van der Waals surface area contributed by atoms with Crippen LogP contribution in [0.2, 0.25) is 10.0 Å². The summed E-state index contributed by atoms with van der Waals surface area (Å²) in [5, 5.41) is 4.68. The van der Waals surface area contributed by atoms with Gasteiger partial charge in [0, 0.05) is 11.6 Å². The van der Waals surface area contributed by atoms with Gasteiger partial charge in [-0.1, -0.05) is 23.2 Å². The molecule has 1 N–H and O–H groups in total. The number of hydrogen-bond donors (Lipinski definition) is 1. The second-order valence-corrected chi connectivity index (χ2v) is 4.58. The van der Waals surface area contributed by atoms with E-state index >= 15 is 0 Å². The van der Waals surface area contributed by atoms with E-state index < -0.39 is 0 Å². The van der Waals surface area contributed by atoms with Crippen molar-refractivity contribution in [2.75, 3.05) is 11.9 Å². The van der Waals surface area contributed by atoms with Crippen LogP contribution < -0.4 is 5.32 Å². The molecular weight excluding hydrogens is 233 g/mol. The largest absolute Gasteiger partial charge is 0.378 e. The predicted octanol–water partition coefficient (Wildman–Crippen LogP) is 3.58. The molecule has 0 aromatic heterocycles. The molecule has 1 fully saturated rings. The number of hydrogen-bond acceptors (Lipinski definition) is 2. The Morgan fingerprint density at radius 2 is 2.20 bits per heavy atom. The lowest BCUT2D eigenvalue weighted by atomic mass is 10.1. The van der Waals surface area contributed by atoms with Crippen molar-refractivity contribution < 1.29 is 4.74 Å². The molecule has 0 amide bonds. The van der Waals surface area contributed by atoms with Crippen LogP contribution in [0.25, 0.3) is 0 Å². The Morgan fingerprint density at radius 1 is 1.40 bits per heavy atom.